The summed E-state index contributed by atoms with van der Waals surface area (Å²) in [6.07, 6.45) is 15.4. The van der Waals surface area contributed by atoms with Crippen LogP contribution in [0.25, 0.3) is 0 Å². The predicted octanol–water partition coefficient (Wildman–Crippen LogP) is 2.40. The molecule has 2 aromatic rings. The second-order valence-electron chi connectivity index (χ2n) is 5.59. The third-order valence-electron chi connectivity index (χ3n) is 4.11. The standard InChI is InChI=1S/C14H22N6/c1-2-6-13(7-3-1)20-14(16-17-18-20)8-4-5-10-19-11-9-15-12-19/h9,11-13H,1-8,10H2. The highest BCUT2D eigenvalue weighted by atomic mass is 15.5. The van der Waals surface area contributed by atoms with Crippen LogP contribution >= 0.6 is 0 Å². The van der Waals surface area contributed by atoms with Gasteiger partial charge < -0.3 is 4.57 Å². The maximum Gasteiger partial charge on any atom is 0.151 e. The minimum atomic E-state index is 0.530. The zero-order chi connectivity index (χ0) is 13.6. The Morgan fingerprint density at radius 1 is 1.15 bits per heavy atom. The number of tetrazole rings is 1. The van der Waals surface area contributed by atoms with Crippen molar-refractivity contribution in [2.45, 2.75) is 64.0 Å². The van der Waals surface area contributed by atoms with Crippen molar-refractivity contribution < 1.29 is 0 Å². The zero-order valence-corrected chi connectivity index (χ0v) is 11.9. The van der Waals surface area contributed by atoms with Gasteiger partial charge in [-0.15, -0.1) is 5.10 Å². The third-order valence-corrected chi connectivity index (χ3v) is 4.11. The molecular weight excluding hydrogens is 252 g/mol. The van der Waals surface area contributed by atoms with E-state index in [9.17, 15) is 0 Å². The fourth-order valence-electron chi connectivity index (χ4n) is 2.98. The second-order valence-corrected chi connectivity index (χ2v) is 5.59. The molecule has 0 N–H and O–H groups in total. The first kappa shape index (κ1) is 13.3. The van der Waals surface area contributed by atoms with Crippen LogP contribution in [0.5, 0.6) is 0 Å². The van der Waals surface area contributed by atoms with E-state index in [-0.39, 0.29) is 0 Å². The van der Waals surface area contributed by atoms with Crippen LogP contribution in [0.4, 0.5) is 0 Å². The van der Waals surface area contributed by atoms with Gasteiger partial charge in [0.25, 0.3) is 0 Å². The van der Waals surface area contributed by atoms with Gasteiger partial charge in [0.1, 0.15) is 0 Å². The van der Waals surface area contributed by atoms with E-state index in [1.54, 1.807) is 0 Å². The Morgan fingerprint density at radius 3 is 2.85 bits per heavy atom. The third kappa shape index (κ3) is 3.23. The Morgan fingerprint density at radius 2 is 2.05 bits per heavy atom. The Hall–Kier alpha value is -1.72. The second kappa shape index (κ2) is 6.63. The highest BCUT2D eigenvalue weighted by Gasteiger charge is 2.19. The van der Waals surface area contributed by atoms with Gasteiger partial charge in [0, 0.05) is 25.4 Å². The molecule has 0 amide bonds. The first-order valence-electron chi connectivity index (χ1n) is 7.66. The lowest BCUT2D eigenvalue weighted by Gasteiger charge is -2.22. The summed E-state index contributed by atoms with van der Waals surface area (Å²) in [5.41, 5.74) is 0. The molecule has 108 valence electrons. The molecule has 3 rings (SSSR count). The average molecular weight is 274 g/mol. The van der Waals surface area contributed by atoms with E-state index in [0.29, 0.717) is 6.04 Å². The van der Waals surface area contributed by atoms with Crippen molar-refractivity contribution in [3.8, 4) is 0 Å². The zero-order valence-electron chi connectivity index (χ0n) is 11.9. The van der Waals surface area contributed by atoms with Crippen molar-refractivity contribution in [3.05, 3.63) is 24.5 Å². The Labute approximate surface area is 119 Å². The summed E-state index contributed by atoms with van der Waals surface area (Å²) in [6, 6.07) is 0.530. The van der Waals surface area contributed by atoms with Gasteiger partial charge in [0.2, 0.25) is 0 Å². The molecule has 1 aliphatic rings. The molecule has 2 aromatic heterocycles. The Balaban J connectivity index is 1.49. The number of aromatic nitrogens is 6. The first-order valence-corrected chi connectivity index (χ1v) is 7.66. The van der Waals surface area contributed by atoms with Crippen LogP contribution in [0.15, 0.2) is 18.7 Å². The van der Waals surface area contributed by atoms with Crippen molar-refractivity contribution in [3.63, 3.8) is 0 Å². The summed E-state index contributed by atoms with van der Waals surface area (Å²) in [4.78, 5) is 4.05. The lowest BCUT2D eigenvalue weighted by molar-refractivity contribution is 0.316. The molecule has 0 atom stereocenters. The molecule has 0 spiro atoms. The average Bonchev–Trinajstić information content (AvgIpc) is 3.16. The van der Waals surface area contributed by atoms with Gasteiger partial charge in [-0.25, -0.2) is 9.67 Å². The molecule has 0 saturated heterocycles. The highest BCUT2D eigenvalue weighted by Crippen LogP contribution is 2.28. The Kier molecular flexibility index (Phi) is 4.40. The molecule has 0 aliphatic heterocycles. The molecule has 0 radical (unpaired) electrons. The van der Waals surface area contributed by atoms with Crippen molar-refractivity contribution in [2.24, 2.45) is 0 Å². The molecule has 0 unspecified atom stereocenters. The van der Waals surface area contributed by atoms with Gasteiger partial charge >= 0.3 is 0 Å². The molecule has 0 bridgehead atoms. The number of imidazole rings is 1. The summed E-state index contributed by atoms with van der Waals surface area (Å²) in [7, 11) is 0. The number of nitrogens with zero attached hydrogens (tertiary/aromatic N) is 6. The van der Waals surface area contributed by atoms with Gasteiger partial charge in [-0.1, -0.05) is 19.3 Å². The minimum absolute atomic E-state index is 0.530. The maximum atomic E-state index is 4.21. The van der Waals surface area contributed by atoms with Crippen molar-refractivity contribution in [1.29, 1.82) is 0 Å². The van der Waals surface area contributed by atoms with Crippen LogP contribution < -0.4 is 0 Å². The number of aryl methyl sites for hydroxylation is 2. The van der Waals surface area contributed by atoms with Crippen LogP contribution in [0.1, 0.15) is 56.8 Å². The van der Waals surface area contributed by atoms with Crippen LogP contribution in [0.3, 0.4) is 0 Å². The maximum absolute atomic E-state index is 4.21. The molecule has 6 heteroatoms. The van der Waals surface area contributed by atoms with Crippen molar-refractivity contribution in [2.75, 3.05) is 0 Å². The number of rotatable bonds is 6. The van der Waals surface area contributed by atoms with Crippen LogP contribution in [-0.4, -0.2) is 29.8 Å². The van der Waals surface area contributed by atoms with E-state index in [2.05, 4.69) is 29.8 Å². The predicted molar refractivity (Wildman–Crippen MR) is 75.1 cm³/mol. The normalized spacial score (nSPS) is 16.6. The highest BCUT2D eigenvalue weighted by molar-refractivity contribution is 4.86. The van der Waals surface area contributed by atoms with Gasteiger partial charge in [0.15, 0.2) is 5.82 Å². The van der Waals surface area contributed by atoms with Crippen LogP contribution in [0, 0.1) is 0 Å². The number of hydrogen-bond donors (Lipinski definition) is 0. The smallest absolute Gasteiger partial charge is 0.151 e. The molecule has 20 heavy (non-hydrogen) atoms. The van der Waals surface area contributed by atoms with Gasteiger partial charge in [-0.2, -0.15) is 0 Å². The fourth-order valence-corrected chi connectivity index (χ4v) is 2.98. The molecule has 1 fully saturated rings. The summed E-state index contributed by atoms with van der Waals surface area (Å²) in [6.45, 7) is 1.02. The largest absolute Gasteiger partial charge is 0.337 e. The summed E-state index contributed by atoms with van der Waals surface area (Å²) < 4.78 is 4.19. The van der Waals surface area contributed by atoms with Gasteiger partial charge in [-0.3, -0.25) is 0 Å². The van der Waals surface area contributed by atoms with E-state index in [1.165, 1.54) is 32.1 Å². The lowest BCUT2D eigenvalue weighted by atomic mass is 9.95. The van der Waals surface area contributed by atoms with Crippen LogP contribution in [0.2, 0.25) is 0 Å². The molecular formula is C14H22N6. The fraction of sp³-hybridized carbons (Fsp3) is 0.714. The van der Waals surface area contributed by atoms with Crippen LogP contribution in [-0.2, 0) is 13.0 Å². The van der Waals surface area contributed by atoms with Crippen molar-refractivity contribution >= 4 is 0 Å². The summed E-state index contributed by atoms with van der Waals surface area (Å²) in [5, 5.41) is 12.3. The molecule has 6 nitrogen and oxygen atoms in total. The van der Waals surface area contributed by atoms with Crippen molar-refractivity contribution in [1.82, 2.24) is 29.8 Å². The molecule has 1 aliphatic carbocycles. The monoisotopic (exact) mass is 274 g/mol. The number of hydrogen-bond acceptors (Lipinski definition) is 4. The van der Waals surface area contributed by atoms with Gasteiger partial charge in [0.05, 0.1) is 12.4 Å². The van der Waals surface area contributed by atoms with E-state index in [1.807, 2.05) is 18.7 Å². The molecule has 1 saturated carbocycles. The van der Waals surface area contributed by atoms with Gasteiger partial charge in [-0.05, 0) is 36.1 Å². The van der Waals surface area contributed by atoms with E-state index >= 15 is 0 Å². The summed E-state index contributed by atoms with van der Waals surface area (Å²) >= 11 is 0. The summed E-state index contributed by atoms with van der Waals surface area (Å²) in [5.74, 6) is 1.06. The Bertz CT molecular complexity index is 497. The van der Waals surface area contributed by atoms with E-state index < -0.39 is 0 Å². The topological polar surface area (TPSA) is 61.4 Å². The molecule has 0 aromatic carbocycles. The lowest BCUT2D eigenvalue weighted by Crippen LogP contribution is -2.17. The minimum Gasteiger partial charge on any atom is -0.337 e. The molecule has 2 heterocycles. The van der Waals surface area contributed by atoms with E-state index in [4.69, 9.17) is 0 Å². The van der Waals surface area contributed by atoms with E-state index in [0.717, 1.165) is 31.6 Å². The quantitative estimate of drug-likeness (QED) is 0.759. The SMILES string of the molecule is c1cn(CCCCc2nnnn2C2CCCCC2)cn1. The first-order chi connectivity index (χ1) is 9.93. The number of unbranched alkanes of at least 4 members (excludes halogenated alkanes) is 1.